The van der Waals surface area contributed by atoms with E-state index >= 15 is 0 Å². The van der Waals surface area contributed by atoms with Crippen molar-refractivity contribution in [3.8, 4) is 0 Å². The largest absolute Gasteiger partial charge is 0.349 e. The summed E-state index contributed by atoms with van der Waals surface area (Å²) < 4.78 is 28.9. The molecule has 0 unspecified atom stereocenters. The lowest BCUT2D eigenvalue weighted by Crippen LogP contribution is -2.46. The fourth-order valence-electron chi connectivity index (χ4n) is 3.90. The standard InChI is InChI=1S/C25H33N3O4S/c1-17-9-10-20(25(3,4)5)16-23(17)33(31,32)27-22-8-6-7-19(15-22)24(30)26-21-11-13-28(14-12-21)18(2)29/h6-10,15-16,21,27H,11-14H2,1-5H3,(H,26,30). The second-order valence-corrected chi connectivity index (χ2v) is 11.3. The average molecular weight is 472 g/mol. The minimum absolute atomic E-state index is 0.0174. The molecular weight excluding hydrogens is 438 g/mol. The number of nitrogens with zero attached hydrogens (tertiary/aromatic N) is 1. The van der Waals surface area contributed by atoms with Crippen LogP contribution in [0, 0.1) is 6.92 Å². The van der Waals surface area contributed by atoms with Crippen molar-refractivity contribution in [2.45, 2.75) is 63.8 Å². The average Bonchev–Trinajstić information content (AvgIpc) is 2.73. The summed E-state index contributed by atoms with van der Waals surface area (Å²) in [7, 11) is -3.83. The summed E-state index contributed by atoms with van der Waals surface area (Å²) in [4.78, 5) is 26.2. The number of amides is 2. The lowest BCUT2D eigenvalue weighted by atomic mass is 9.87. The van der Waals surface area contributed by atoms with E-state index in [0.29, 0.717) is 42.7 Å². The Labute approximate surface area is 196 Å². The van der Waals surface area contributed by atoms with Crippen LogP contribution in [0.5, 0.6) is 0 Å². The summed E-state index contributed by atoms with van der Waals surface area (Å²) in [5.74, 6) is -0.216. The third kappa shape index (κ3) is 6.13. The molecule has 0 spiro atoms. The molecule has 1 saturated heterocycles. The van der Waals surface area contributed by atoms with Gasteiger partial charge in [-0.3, -0.25) is 14.3 Å². The smallest absolute Gasteiger partial charge is 0.262 e. The van der Waals surface area contributed by atoms with Gasteiger partial charge in [-0.2, -0.15) is 0 Å². The van der Waals surface area contributed by atoms with Gasteiger partial charge in [0.1, 0.15) is 0 Å². The van der Waals surface area contributed by atoms with E-state index in [0.717, 1.165) is 5.56 Å². The summed E-state index contributed by atoms with van der Waals surface area (Å²) >= 11 is 0. The minimum Gasteiger partial charge on any atom is -0.349 e. The van der Waals surface area contributed by atoms with Gasteiger partial charge in [-0.25, -0.2) is 8.42 Å². The first-order valence-electron chi connectivity index (χ1n) is 11.2. The van der Waals surface area contributed by atoms with E-state index in [1.165, 1.54) is 0 Å². The third-order valence-corrected chi connectivity index (χ3v) is 7.52. The fourth-order valence-corrected chi connectivity index (χ4v) is 5.22. The maximum Gasteiger partial charge on any atom is 0.262 e. The first kappa shape index (κ1) is 24.8. The molecule has 1 aliphatic rings. The van der Waals surface area contributed by atoms with Crippen LogP contribution in [0.1, 0.15) is 62.0 Å². The normalized spacial score (nSPS) is 15.2. The van der Waals surface area contributed by atoms with Crippen molar-refractivity contribution in [2.24, 2.45) is 0 Å². The number of hydrogen-bond donors (Lipinski definition) is 2. The van der Waals surface area contributed by atoms with E-state index in [1.54, 1.807) is 49.1 Å². The Balaban J connectivity index is 1.73. The number of hydrogen-bond acceptors (Lipinski definition) is 4. The lowest BCUT2D eigenvalue weighted by Gasteiger charge is -2.31. The topological polar surface area (TPSA) is 95.6 Å². The van der Waals surface area contributed by atoms with Crippen molar-refractivity contribution in [1.29, 1.82) is 0 Å². The Morgan fingerprint density at radius 3 is 2.30 bits per heavy atom. The summed E-state index contributed by atoms with van der Waals surface area (Å²) in [6.45, 7) is 10.7. The molecule has 1 heterocycles. The molecule has 2 N–H and O–H groups in total. The van der Waals surface area contributed by atoms with Gasteiger partial charge in [0.25, 0.3) is 15.9 Å². The Kier molecular flexibility index (Phi) is 7.17. The number of aryl methyl sites for hydroxylation is 1. The maximum absolute atomic E-state index is 13.1. The predicted octanol–water partition coefficient (Wildman–Crippen LogP) is 3.83. The zero-order valence-corrected chi connectivity index (χ0v) is 20.8. The van der Waals surface area contributed by atoms with E-state index in [-0.39, 0.29) is 28.2 Å². The van der Waals surface area contributed by atoms with Gasteiger partial charge in [-0.05, 0) is 60.6 Å². The van der Waals surface area contributed by atoms with Gasteiger partial charge in [-0.15, -0.1) is 0 Å². The maximum atomic E-state index is 13.1. The number of sulfonamides is 1. The molecule has 0 radical (unpaired) electrons. The number of carbonyl (C=O) groups is 2. The molecule has 1 aliphatic heterocycles. The van der Waals surface area contributed by atoms with Crippen LogP contribution in [0.25, 0.3) is 0 Å². The molecule has 0 aromatic heterocycles. The van der Waals surface area contributed by atoms with Crippen LogP contribution in [0.3, 0.4) is 0 Å². The van der Waals surface area contributed by atoms with Crippen LogP contribution in [0.15, 0.2) is 47.4 Å². The fraction of sp³-hybridized carbons (Fsp3) is 0.440. The molecule has 178 valence electrons. The van der Waals surface area contributed by atoms with Crippen molar-refractivity contribution in [3.05, 3.63) is 59.2 Å². The zero-order chi connectivity index (χ0) is 24.4. The van der Waals surface area contributed by atoms with Crippen molar-refractivity contribution < 1.29 is 18.0 Å². The Hall–Kier alpha value is -2.87. The molecule has 1 fully saturated rings. The predicted molar refractivity (Wildman–Crippen MR) is 130 cm³/mol. The molecule has 0 atom stereocenters. The second kappa shape index (κ2) is 9.55. The number of rotatable bonds is 5. The molecule has 2 aromatic rings. The van der Waals surface area contributed by atoms with Gasteiger partial charge < -0.3 is 10.2 Å². The van der Waals surface area contributed by atoms with E-state index in [2.05, 4.69) is 10.0 Å². The number of likely N-dealkylation sites (tertiary alicyclic amines) is 1. The molecule has 2 amide bonds. The van der Waals surface area contributed by atoms with Gasteiger partial charge in [-0.1, -0.05) is 39.0 Å². The second-order valence-electron chi connectivity index (χ2n) is 9.67. The Morgan fingerprint density at radius 2 is 1.70 bits per heavy atom. The highest BCUT2D eigenvalue weighted by molar-refractivity contribution is 7.92. The van der Waals surface area contributed by atoms with Gasteiger partial charge in [0.15, 0.2) is 0 Å². The van der Waals surface area contributed by atoms with Crippen LogP contribution in [0.2, 0.25) is 0 Å². The SMILES string of the molecule is CC(=O)N1CCC(NC(=O)c2cccc(NS(=O)(=O)c3cc(C(C)(C)C)ccc3C)c2)CC1. The number of piperidine rings is 1. The van der Waals surface area contributed by atoms with Crippen LogP contribution in [0.4, 0.5) is 5.69 Å². The number of nitrogens with one attached hydrogen (secondary N) is 2. The summed E-state index contributed by atoms with van der Waals surface area (Å²) in [5, 5.41) is 3.00. The van der Waals surface area contributed by atoms with Crippen LogP contribution < -0.4 is 10.0 Å². The molecular formula is C25H33N3O4S. The van der Waals surface area contributed by atoms with E-state index in [9.17, 15) is 18.0 Å². The Morgan fingerprint density at radius 1 is 1.03 bits per heavy atom. The Bertz CT molecular complexity index is 1140. The lowest BCUT2D eigenvalue weighted by molar-refractivity contribution is -0.129. The first-order chi connectivity index (χ1) is 15.4. The summed E-state index contributed by atoms with van der Waals surface area (Å²) in [5.41, 5.74) is 2.11. The molecule has 2 aromatic carbocycles. The van der Waals surface area contributed by atoms with Crippen LogP contribution in [-0.4, -0.2) is 44.3 Å². The third-order valence-electron chi connectivity index (χ3n) is 6.00. The molecule has 0 bridgehead atoms. The van der Waals surface area contributed by atoms with Crippen LogP contribution >= 0.6 is 0 Å². The minimum atomic E-state index is -3.83. The number of carbonyl (C=O) groups excluding carboxylic acids is 2. The van der Waals surface area contributed by atoms with Crippen molar-refractivity contribution in [2.75, 3.05) is 17.8 Å². The van der Waals surface area contributed by atoms with Gasteiger partial charge >= 0.3 is 0 Å². The number of anilines is 1. The van der Waals surface area contributed by atoms with Crippen molar-refractivity contribution in [3.63, 3.8) is 0 Å². The summed E-state index contributed by atoms with van der Waals surface area (Å²) in [6, 6.07) is 11.9. The van der Waals surface area contributed by atoms with E-state index in [1.807, 2.05) is 32.9 Å². The van der Waals surface area contributed by atoms with Crippen molar-refractivity contribution >= 4 is 27.5 Å². The highest BCUT2D eigenvalue weighted by atomic mass is 32.2. The number of benzene rings is 2. The molecule has 8 heteroatoms. The summed E-state index contributed by atoms with van der Waals surface area (Å²) in [6.07, 6.45) is 1.39. The molecule has 0 aliphatic carbocycles. The van der Waals surface area contributed by atoms with E-state index in [4.69, 9.17) is 0 Å². The highest BCUT2D eigenvalue weighted by Gasteiger charge is 2.24. The van der Waals surface area contributed by atoms with Gasteiger partial charge in [0.05, 0.1) is 4.90 Å². The molecule has 3 rings (SSSR count). The van der Waals surface area contributed by atoms with Crippen molar-refractivity contribution in [1.82, 2.24) is 10.2 Å². The molecule has 33 heavy (non-hydrogen) atoms. The van der Waals surface area contributed by atoms with Gasteiger partial charge in [0, 0.05) is 37.3 Å². The highest BCUT2D eigenvalue weighted by Crippen LogP contribution is 2.28. The first-order valence-corrected chi connectivity index (χ1v) is 12.7. The zero-order valence-electron chi connectivity index (χ0n) is 19.9. The molecule has 7 nitrogen and oxygen atoms in total. The quantitative estimate of drug-likeness (QED) is 0.693. The monoisotopic (exact) mass is 471 g/mol. The van der Waals surface area contributed by atoms with Crippen LogP contribution in [-0.2, 0) is 20.2 Å². The molecule has 0 saturated carbocycles. The van der Waals surface area contributed by atoms with E-state index < -0.39 is 10.0 Å². The van der Waals surface area contributed by atoms with Gasteiger partial charge in [0.2, 0.25) is 5.91 Å².